The van der Waals surface area contributed by atoms with Gasteiger partial charge in [-0.05, 0) is 49.6 Å². The van der Waals surface area contributed by atoms with Gasteiger partial charge >= 0.3 is 4.87 Å². The molecule has 2 heterocycles. The number of rotatable bonds is 8. The molecule has 7 heteroatoms. The van der Waals surface area contributed by atoms with Crippen molar-refractivity contribution in [2.75, 3.05) is 6.61 Å². The summed E-state index contributed by atoms with van der Waals surface area (Å²) in [5, 5.41) is 9.65. The van der Waals surface area contributed by atoms with Gasteiger partial charge in [-0.1, -0.05) is 41.7 Å². The largest absolute Gasteiger partial charge is 0.494 e. The molecule has 2 N–H and O–H groups in total. The number of aromatic hydroxyl groups is 1. The summed E-state index contributed by atoms with van der Waals surface area (Å²) >= 11 is 1.05. The Morgan fingerprint density at radius 2 is 1.83 bits per heavy atom. The topological polar surface area (TPSA) is 88.4 Å². The smallest absolute Gasteiger partial charge is 0.307 e. The van der Waals surface area contributed by atoms with Crippen LogP contribution in [0.4, 0.5) is 0 Å². The van der Waals surface area contributed by atoms with Crippen LogP contribution in [0.2, 0.25) is 0 Å². The van der Waals surface area contributed by atoms with Crippen LogP contribution in [0.25, 0.3) is 11.5 Å². The number of H-pyrrole nitrogens is 1. The first-order chi connectivity index (χ1) is 14.6. The third-order valence-corrected chi connectivity index (χ3v) is 5.72. The summed E-state index contributed by atoms with van der Waals surface area (Å²) in [4.78, 5) is 18.7. The van der Waals surface area contributed by atoms with Crippen LogP contribution < -0.4 is 9.61 Å². The van der Waals surface area contributed by atoms with E-state index in [0.29, 0.717) is 30.2 Å². The molecule has 0 aliphatic rings. The molecule has 0 radical (unpaired) electrons. The third kappa shape index (κ3) is 4.80. The number of hydrogen-bond acceptors (Lipinski definition) is 6. The van der Waals surface area contributed by atoms with E-state index < -0.39 is 0 Å². The molecule has 0 saturated heterocycles. The lowest BCUT2D eigenvalue weighted by molar-refractivity contribution is 0.320. The number of hydrogen-bond donors (Lipinski definition) is 2. The average Bonchev–Trinajstić information content (AvgIpc) is 3.29. The van der Waals surface area contributed by atoms with E-state index in [2.05, 4.69) is 9.97 Å². The van der Waals surface area contributed by atoms with Crippen molar-refractivity contribution in [3.05, 3.63) is 86.2 Å². The molecule has 0 bridgehead atoms. The molecule has 0 fully saturated rings. The van der Waals surface area contributed by atoms with E-state index in [1.165, 1.54) is 0 Å². The van der Waals surface area contributed by atoms with Gasteiger partial charge in [0.25, 0.3) is 0 Å². The van der Waals surface area contributed by atoms with Crippen LogP contribution >= 0.6 is 11.3 Å². The fourth-order valence-corrected chi connectivity index (χ4v) is 3.88. The molecule has 154 valence electrons. The van der Waals surface area contributed by atoms with Crippen LogP contribution in [-0.4, -0.2) is 21.7 Å². The molecule has 30 heavy (non-hydrogen) atoms. The number of ether oxygens (including phenoxy) is 1. The van der Waals surface area contributed by atoms with Gasteiger partial charge in [0.05, 0.1) is 17.2 Å². The fourth-order valence-electron chi connectivity index (χ4n) is 3.16. The maximum atomic E-state index is 11.2. The van der Waals surface area contributed by atoms with E-state index in [4.69, 9.17) is 9.15 Å². The monoisotopic (exact) mass is 422 g/mol. The molecule has 0 saturated carbocycles. The van der Waals surface area contributed by atoms with Gasteiger partial charge in [0.1, 0.15) is 11.5 Å². The molecule has 0 unspecified atom stereocenters. The maximum absolute atomic E-state index is 11.2. The molecule has 0 amide bonds. The Balaban J connectivity index is 1.29. The molecule has 4 rings (SSSR count). The molecule has 0 aliphatic carbocycles. The minimum Gasteiger partial charge on any atom is -0.494 e. The second kappa shape index (κ2) is 9.00. The van der Waals surface area contributed by atoms with Crippen molar-refractivity contribution < 1.29 is 14.3 Å². The Morgan fingerprint density at radius 3 is 2.53 bits per heavy atom. The molecule has 2 aromatic heterocycles. The van der Waals surface area contributed by atoms with E-state index in [1.54, 1.807) is 0 Å². The number of oxazole rings is 1. The number of aryl methyl sites for hydroxylation is 3. The number of thiazole rings is 1. The fraction of sp³-hybridized carbons (Fsp3) is 0.217. The van der Waals surface area contributed by atoms with Gasteiger partial charge in [0, 0.05) is 12.0 Å². The van der Waals surface area contributed by atoms with Gasteiger partial charge in [-0.2, -0.15) is 0 Å². The summed E-state index contributed by atoms with van der Waals surface area (Å²) in [5.74, 6) is 2.20. The minimum atomic E-state index is -0.232. The summed E-state index contributed by atoms with van der Waals surface area (Å²) < 4.78 is 11.6. The van der Waals surface area contributed by atoms with Crippen LogP contribution in [0.3, 0.4) is 0 Å². The van der Waals surface area contributed by atoms with E-state index >= 15 is 0 Å². The Labute approximate surface area is 177 Å². The first-order valence-corrected chi connectivity index (χ1v) is 10.5. The second-order valence-electron chi connectivity index (χ2n) is 6.92. The number of aromatic amines is 1. The molecular formula is C23H22N2O4S. The lowest BCUT2D eigenvalue weighted by Crippen LogP contribution is -2.03. The molecule has 2 aromatic carbocycles. The van der Waals surface area contributed by atoms with Crippen LogP contribution in [0.1, 0.15) is 21.9 Å². The highest BCUT2D eigenvalue weighted by Crippen LogP contribution is 2.22. The third-order valence-electron chi connectivity index (χ3n) is 4.79. The molecule has 0 atom stereocenters. The highest BCUT2D eigenvalue weighted by Gasteiger charge is 2.11. The lowest BCUT2D eigenvalue weighted by atomic mass is 10.1. The van der Waals surface area contributed by atoms with Crippen LogP contribution in [0.5, 0.6) is 11.6 Å². The van der Waals surface area contributed by atoms with Gasteiger partial charge in [-0.25, -0.2) is 4.98 Å². The van der Waals surface area contributed by atoms with Crippen LogP contribution in [0, 0.1) is 6.92 Å². The SMILES string of the molecule is Cc1oc(-c2ccccc2)nc1CCOc1ccc(CCc2sc(=O)[nH]c2O)cc1. The predicted octanol–water partition coefficient (Wildman–Crippen LogP) is 4.51. The van der Waals surface area contributed by atoms with Crippen molar-refractivity contribution in [1.82, 2.24) is 9.97 Å². The Hall–Kier alpha value is -3.32. The second-order valence-corrected chi connectivity index (χ2v) is 7.98. The number of aromatic nitrogens is 2. The molecule has 4 aromatic rings. The van der Waals surface area contributed by atoms with Crippen molar-refractivity contribution in [3.63, 3.8) is 0 Å². The Kier molecular flexibility index (Phi) is 5.99. The van der Waals surface area contributed by atoms with E-state index in [1.807, 2.05) is 61.5 Å². The minimum absolute atomic E-state index is 0.0245. The van der Waals surface area contributed by atoms with Crippen molar-refractivity contribution in [2.24, 2.45) is 0 Å². The predicted molar refractivity (Wildman–Crippen MR) is 116 cm³/mol. The zero-order chi connectivity index (χ0) is 20.9. The van der Waals surface area contributed by atoms with Gasteiger partial charge in [-0.15, -0.1) is 0 Å². The Bertz CT molecular complexity index is 1160. The maximum Gasteiger partial charge on any atom is 0.307 e. The quantitative estimate of drug-likeness (QED) is 0.436. The standard InChI is InChI=1S/C23H22N2O4S/c1-15-19(24-22(29-15)17-5-3-2-4-6-17)13-14-28-18-10-7-16(8-11-18)9-12-20-21(26)25-23(27)30-20/h2-8,10-11,26H,9,12-14H2,1H3,(H,25,27). The first kappa shape index (κ1) is 20.0. The normalized spacial score (nSPS) is 11.0. The van der Waals surface area contributed by atoms with Crippen LogP contribution in [-0.2, 0) is 19.3 Å². The highest BCUT2D eigenvalue weighted by atomic mass is 32.1. The molecule has 0 aliphatic heterocycles. The lowest BCUT2D eigenvalue weighted by Gasteiger charge is -2.06. The molecule has 0 spiro atoms. The van der Waals surface area contributed by atoms with E-state index in [9.17, 15) is 9.90 Å². The number of benzene rings is 2. The van der Waals surface area contributed by atoms with Crippen LogP contribution in [0.15, 0.2) is 63.8 Å². The van der Waals surface area contributed by atoms with Gasteiger partial charge in [0.2, 0.25) is 11.8 Å². The summed E-state index contributed by atoms with van der Waals surface area (Å²) in [6, 6.07) is 17.7. The molecular weight excluding hydrogens is 400 g/mol. The van der Waals surface area contributed by atoms with Crippen molar-refractivity contribution in [2.45, 2.75) is 26.2 Å². The van der Waals surface area contributed by atoms with Gasteiger partial charge < -0.3 is 14.3 Å². The first-order valence-electron chi connectivity index (χ1n) is 9.73. The number of nitrogens with zero attached hydrogens (tertiary/aromatic N) is 1. The van der Waals surface area contributed by atoms with Crippen molar-refractivity contribution in [3.8, 4) is 23.1 Å². The zero-order valence-corrected chi connectivity index (χ0v) is 17.4. The summed E-state index contributed by atoms with van der Waals surface area (Å²) in [6.07, 6.45) is 2.02. The van der Waals surface area contributed by atoms with E-state index in [-0.39, 0.29) is 10.8 Å². The Morgan fingerprint density at radius 1 is 1.07 bits per heavy atom. The van der Waals surface area contributed by atoms with Gasteiger partial charge in [0.15, 0.2) is 0 Å². The summed E-state index contributed by atoms with van der Waals surface area (Å²) in [6.45, 7) is 2.43. The molecule has 6 nitrogen and oxygen atoms in total. The number of nitrogens with one attached hydrogen (secondary N) is 1. The van der Waals surface area contributed by atoms with Gasteiger partial charge in [-0.3, -0.25) is 9.78 Å². The summed E-state index contributed by atoms with van der Waals surface area (Å²) in [5.41, 5.74) is 2.97. The van der Waals surface area contributed by atoms with Crippen molar-refractivity contribution in [1.29, 1.82) is 0 Å². The highest BCUT2D eigenvalue weighted by molar-refractivity contribution is 7.09. The zero-order valence-electron chi connectivity index (χ0n) is 16.6. The van der Waals surface area contributed by atoms with E-state index in [0.717, 1.165) is 46.1 Å². The average molecular weight is 423 g/mol. The summed E-state index contributed by atoms with van der Waals surface area (Å²) in [7, 11) is 0. The van der Waals surface area contributed by atoms with Crippen molar-refractivity contribution >= 4 is 11.3 Å².